The zero-order valence-corrected chi connectivity index (χ0v) is 13.7. The van der Waals surface area contributed by atoms with Crippen LogP contribution in [0.2, 0.25) is 0 Å². The molecule has 4 saturated carbocycles. The summed E-state index contributed by atoms with van der Waals surface area (Å²) < 4.78 is 4.87. The van der Waals surface area contributed by atoms with Crippen molar-refractivity contribution in [3.05, 3.63) is 0 Å². The second-order valence-electron chi connectivity index (χ2n) is 7.72. The van der Waals surface area contributed by atoms with Crippen molar-refractivity contribution < 1.29 is 14.3 Å². The molecule has 0 aromatic heterocycles. The van der Waals surface area contributed by atoms with E-state index in [1.165, 1.54) is 38.5 Å². The lowest BCUT2D eigenvalue weighted by Gasteiger charge is -2.59. The van der Waals surface area contributed by atoms with Gasteiger partial charge in [-0.3, -0.25) is 9.59 Å². The number of hydrogen-bond acceptors (Lipinski definition) is 3. The predicted octanol–water partition coefficient (Wildman–Crippen LogP) is 1.47. The first-order chi connectivity index (χ1) is 10.5. The summed E-state index contributed by atoms with van der Waals surface area (Å²) in [6.45, 7) is 2.88. The predicted molar refractivity (Wildman–Crippen MR) is 83.1 cm³/mol. The number of methoxy groups -OCH3 is 1. The van der Waals surface area contributed by atoms with Gasteiger partial charge in [0.15, 0.2) is 0 Å². The highest BCUT2D eigenvalue weighted by molar-refractivity contribution is 6.35. The van der Waals surface area contributed by atoms with E-state index >= 15 is 0 Å². The maximum atomic E-state index is 12.1. The molecule has 5 heteroatoms. The molecule has 2 N–H and O–H groups in total. The highest BCUT2D eigenvalue weighted by atomic mass is 16.5. The van der Waals surface area contributed by atoms with Crippen LogP contribution in [0.5, 0.6) is 0 Å². The van der Waals surface area contributed by atoms with Gasteiger partial charge in [0.25, 0.3) is 0 Å². The molecule has 0 heterocycles. The van der Waals surface area contributed by atoms with Gasteiger partial charge in [0.2, 0.25) is 0 Å². The Morgan fingerprint density at radius 2 is 1.64 bits per heavy atom. The molecule has 4 aliphatic carbocycles. The van der Waals surface area contributed by atoms with E-state index in [9.17, 15) is 9.59 Å². The van der Waals surface area contributed by atoms with Crippen LogP contribution in [0.1, 0.15) is 45.4 Å². The Morgan fingerprint density at radius 3 is 2.14 bits per heavy atom. The van der Waals surface area contributed by atoms with E-state index in [1.54, 1.807) is 7.11 Å². The molecule has 0 radical (unpaired) electrons. The quantitative estimate of drug-likeness (QED) is 0.597. The molecule has 22 heavy (non-hydrogen) atoms. The molecule has 1 atom stereocenters. The lowest BCUT2D eigenvalue weighted by Crippen LogP contribution is -2.57. The molecule has 1 unspecified atom stereocenters. The summed E-state index contributed by atoms with van der Waals surface area (Å²) in [5.74, 6) is 1.50. The fourth-order valence-corrected chi connectivity index (χ4v) is 5.47. The summed E-state index contributed by atoms with van der Waals surface area (Å²) in [5.41, 5.74) is 0.233. The van der Waals surface area contributed by atoms with Gasteiger partial charge in [0, 0.05) is 19.7 Å². The Kier molecular flexibility index (Phi) is 4.44. The number of nitrogens with one attached hydrogen (secondary N) is 2. The Labute approximate surface area is 132 Å². The van der Waals surface area contributed by atoms with Crippen LogP contribution in [0.3, 0.4) is 0 Å². The maximum absolute atomic E-state index is 12.1. The van der Waals surface area contributed by atoms with E-state index in [-0.39, 0.29) is 11.5 Å². The van der Waals surface area contributed by atoms with Crippen LogP contribution in [-0.4, -0.2) is 38.1 Å². The van der Waals surface area contributed by atoms with Crippen LogP contribution in [0, 0.1) is 23.2 Å². The fourth-order valence-electron chi connectivity index (χ4n) is 5.47. The van der Waals surface area contributed by atoms with Gasteiger partial charge in [-0.1, -0.05) is 0 Å². The first-order valence-corrected chi connectivity index (χ1v) is 8.60. The van der Waals surface area contributed by atoms with E-state index < -0.39 is 11.8 Å². The number of carbonyl (C=O) groups excluding carboxylic acids is 2. The lowest BCUT2D eigenvalue weighted by atomic mass is 9.48. The minimum atomic E-state index is -0.548. The van der Waals surface area contributed by atoms with E-state index in [4.69, 9.17) is 4.74 Å². The molecular weight excluding hydrogens is 280 g/mol. The second kappa shape index (κ2) is 6.19. The average molecular weight is 308 g/mol. The standard InChI is InChI=1S/C17H28N2O3/c1-11(19-16(21)15(20)18-3-4-22-2)17-8-12-5-13(9-17)7-14(6-12)10-17/h11-14H,3-10H2,1-2H3,(H,18,20)(H,19,21). The molecule has 4 bridgehead atoms. The molecule has 4 aliphatic rings. The van der Waals surface area contributed by atoms with Crippen molar-refractivity contribution in [2.45, 2.75) is 51.5 Å². The maximum Gasteiger partial charge on any atom is 0.309 e. The molecule has 0 aromatic rings. The summed E-state index contributed by atoms with van der Waals surface area (Å²) in [5, 5.41) is 5.56. The third-order valence-corrected chi connectivity index (χ3v) is 6.15. The lowest BCUT2D eigenvalue weighted by molar-refractivity contribution is -0.141. The molecule has 0 aliphatic heterocycles. The minimum absolute atomic E-state index is 0.0848. The van der Waals surface area contributed by atoms with Gasteiger partial charge in [-0.05, 0) is 68.6 Å². The summed E-state index contributed by atoms with van der Waals surface area (Å²) in [6, 6.07) is 0.0848. The zero-order chi connectivity index (χ0) is 15.7. The molecule has 0 aromatic carbocycles. The van der Waals surface area contributed by atoms with Gasteiger partial charge in [0.1, 0.15) is 0 Å². The number of rotatable bonds is 5. The van der Waals surface area contributed by atoms with Crippen molar-refractivity contribution in [3.8, 4) is 0 Å². The summed E-state index contributed by atoms with van der Waals surface area (Å²) in [6.07, 6.45) is 7.84. The minimum Gasteiger partial charge on any atom is -0.383 e. The van der Waals surface area contributed by atoms with E-state index in [2.05, 4.69) is 17.6 Å². The van der Waals surface area contributed by atoms with Crippen molar-refractivity contribution >= 4 is 11.8 Å². The fraction of sp³-hybridized carbons (Fsp3) is 0.882. The number of amides is 2. The topological polar surface area (TPSA) is 67.4 Å². The van der Waals surface area contributed by atoms with Gasteiger partial charge in [-0.15, -0.1) is 0 Å². The Bertz CT molecular complexity index is 414. The van der Waals surface area contributed by atoms with Crippen molar-refractivity contribution in [2.75, 3.05) is 20.3 Å². The van der Waals surface area contributed by atoms with Gasteiger partial charge in [-0.2, -0.15) is 0 Å². The molecular formula is C17H28N2O3. The van der Waals surface area contributed by atoms with E-state index in [0.717, 1.165) is 17.8 Å². The Morgan fingerprint density at radius 1 is 1.09 bits per heavy atom. The summed E-state index contributed by atoms with van der Waals surface area (Å²) in [7, 11) is 1.57. The molecule has 4 fully saturated rings. The summed E-state index contributed by atoms with van der Waals surface area (Å²) in [4.78, 5) is 23.9. The summed E-state index contributed by atoms with van der Waals surface area (Å²) >= 11 is 0. The van der Waals surface area contributed by atoms with Crippen molar-refractivity contribution in [1.82, 2.24) is 10.6 Å². The van der Waals surface area contributed by atoms with Crippen LogP contribution in [-0.2, 0) is 14.3 Å². The smallest absolute Gasteiger partial charge is 0.309 e. The third kappa shape index (κ3) is 3.00. The van der Waals surface area contributed by atoms with Crippen molar-refractivity contribution in [3.63, 3.8) is 0 Å². The molecule has 2 amide bonds. The molecule has 5 nitrogen and oxygen atoms in total. The van der Waals surface area contributed by atoms with Crippen LogP contribution in [0.15, 0.2) is 0 Å². The SMILES string of the molecule is COCCNC(=O)C(=O)NC(C)C12CC3CC(CC(C3)C1)C2. The van der Waals surface area contributed by atoms with Crippen LogP contribution in [0.25, 0.3) is 0 Å². The highest BCUT2D eigenvalue weighted by Crippen LogP contribution is 2.61. The van der Waals surface area contributed by atoms with Gasteiger partial charge in [0.05, 0.1) is 6.61 Å². The van der Waals surface area contributed by atoms with Crippen LogP contribution < -0.4 is 10.6 Å². The Balaban J connectivity index is 1.56. The van der Waals surface area contributed by atoms with Gasteiger partial charge in [-0.25, -0.2) is 0 Å². The highest BCUT2D eigenvalue weighted by Gasteiger charge is 2.53. The van der Waals surface area contributed by atoms with Gasteiger partial charge >= 0.3 is 11.8 Å². The van der Waals surface area contributed by atoms with Crippen LogP contribution >= 0.6 is 0 Å². The third-order valence-electron chi connectivity index (χ3n) is 6.15. The molecule has 0 spiro atoms. The van der Waals surface area contributed by atoms with E-state index in [0.29, 0.717) is 13.2 Å². The number of carbonyl (C=O) groups is 2. The Hall–Kier alpha value is -1.10. The molecule has 124 valence electrons. The monoisotopic (exact) mass is 308 g/mol. The van der Waals surface area contributed by atoms with E-state index in [1.807, 2.05) is 0 Å². The van der Waals surface area contributed by atoms with Crippen molar-refractivity contribution in [2.24, 2.45) is 23.2 Å². The second-order valence-corrected chi connectivity index (χ2v) is 7.72. The average Bonchev–Trinajstić information content (AvgIpc) is 2.45. The van der Waals surface area contributed by atoms with Crippen LogP contribution in [0.4, 0.5) is 0 Å². The van der Waals surface area contributed by atoms with Gasteiger partial charge < -0.3 is 15.4 Å². The van der Waals surface area contributed by atoms with Crippen molar-refractivity contribution in [1.29, 1.82) is 0 Å². The first kappa shape index (κ1) is 15.8. The number of ether oxygens (including phenoxy) is 1. The zero-order valence-electron chi connectivity index (χ0n) is 13.7. The number of hydrogen-bond donors (Lipinski definition) is 2. The molecule has 4 rings (SSSR count). The largest absolute Gasteiger partial charge is 0.383 e. The normalized spacial score (nSPS) is 36.9. The first-order valence-electron chi connectivity index (χ1n) is 8.60. The molecule has 0 saturated heterocycles.